The van der Waals surface area contributed by atoms with E-state index in [1.165, 1.54) is 25.5 Å². The lowest BCUT2D eigenvalue weighted by Crippen LogP contribution is -2.45. The molecule has 0 bridgehead atoms. The number of sulfonamides is 1. The highest BCUT2D eigenvalue weighted by Crippen LogP contribution is 2.25. The maximum Gasteiger partial charge on any atom is 0.258 e. The largest absolute Gasteiger partial charge is 0.493 e. The molecule has 0 spiro atoms. The lowest BCUT2D eigenvalue weighted by atomic mass is 10.1. The minimum Gasteiger partial charge on any atom is -0.493 e. The lowest BCUT2D eigenvalue weighted by Gasteiger charge is -2.21. The van der Waals surface area contributed by atoms with Crippen molar-refractivity contribution in [3.63, 3.8) is 0 Å². The first-order valence-electron chi connectivity index (χ1n) is 7.86. The third-order valence-corrected chi connectivity index (χ3v) is 5.92. The van der Waals surface area contributed by atoms with Gasteiger partial charge in [-0.2, -0.15) is 0 Å². The second kappa shape index (κ2) is 8.50. The van der Waals surface area contributed by atoms with Gasteiger partial charge in [0.05, 0.1) is 32.1 Å². The van der Waals surface area contributed by atoms with Gasteiger partial charge in [0.15, 0.2) is 18.1 Å². The van der Waals surface area contributed by atoms with Crippen molar-refractivity contribution in [2.45, 2.75) is 6.04 Å². The van der Waals surface area contributed by atoms with Crippen LogP contribution in [-0.4, -0.2) is 71.5 Å². The minimum atomic E-state index is -3.36. The standard InChI is InChI=1S/C16H24N2O6S/c1-18(2)25(20,21)11-12-8-23-9-13(12)17-16(19)10-24-15-7-5-4-6-14(15)22-3/h4-7,12-13H,8-11H2,1-3H3,(H,17,19)/t12-,13+/m0/s1. The molecule has 9 heteroatoms. The lowest BCUT2D eigenvalue weighted by molar-refractivity contribution is -0.124. The average molecular weight is 372 g/mol. The zero-order valence-electron chi connectivity index (χ0n) is 14.6. The van der Waals surface area contributed by atoms with Crippen LogP contribution in [0.15, 0.2) is 24.3 Å². The van der Waals surface area contributed by atoms with Crippen LogP contribution >= 0.6 is 0 Å². The number of carbonyl (C=O) groups is 1. The molecule has 1 aliphatic heterocycles. The smallest absolute Gasteiger partial charge is 0.258 e. The fourth-order valence-corrected chi connectivity index (χ4v) is 3.64. The summed E-state index contributed by atoms with van der Waals surface area (Å²) in [6.07, 6.45) is 0. The maximum absolute atomic E-state index is 12.1. The Labute approximate surface area is 148 Å². The van der Waals surface area contributed by atoms with E-state index in [-0.39, 0.29) is 36.8 Å². The van der Waals surface area contributed by atoms with Crippen molar-refractivity contribution < 1.29 is 27.4 Å². The number of rotatable bonds is 8. The summed E-state index contributed by atoms with van der Waals surface area (Å²) in [7, 11) is 1.13. The molecule has 25 heavy (non-hydrogen) atoms. The molecule has 0 aliphatic carbocycles. The summed E-state index contributed by atoms with van der Waals surface area (Å²) in [6, 6.07) is 6.67. The molecule has 1 N–H and O–H groups in total. The van der Waals surface area contributed by atoms with Crippen LogP contribution in [0.25, 0.3) is 0 Å². The molecule has 8 nitrogen and oxygen atoms in total. The summed E-state index contributed by atoms with van der Waals surface area (Å²) in [5.41, 5.74) is 0. The molecule has 1 saturated heterocycles. The van der Waals surface area contributed by atoms with Gasteiger partial charge in [-0.3, -0.25) is 4.79 Å². The number of nitrogens with one attached hydrogen (secondary N) is 1. The normalized spacial score (nSPS) is 20.5. The van der Waals surface area contributed by atoms with Gasteiger partial charge in [0.1, 0.15) is 0 Å². The highest BCUT2D eigenvalue weighted by Gasteiger charge is 2.34. The summed E-state index contributed by atoms with van der Waals surface area (Å²) in [4.78, 5) is 12.1. The van der Waals surface area contributed by atoms with Crippen LogP contribution in [0.1, 0.15) is 0 Å². The van der Waals surface area contributed by atoms with Crippen LogP contribution in [0, 0.1) is 5.92 Å². The first-order valence-corrected chi connectivity index (χ1v) is 9.47. The second-order valence-corrected chi connectivity index (χ2v) is 8.20. The van der Waals surface area contributed by atoms with E-state index >= 15 is 0 Å². The summed E-state index contributed by atoms with van der Waals surface area (Å²) >= 11 is 0. The topological polar surface area (TPSA) is 94.2 Å². The van der Waals surface area contributed by atoms with Gasteiger partial charge in [0.25, 0.3) is 5.91 Å². The van der Waals surface area contributed by atoms with Crippen molar-refractivity contribution in [2.75, 3.05) is 46.8 Å². The van der Waals surface area contributed by atoms with Gasteiger partial charge in [-0.15, -0.1) is 0 Å². The number of benzene rings is 1. The summed E-state index contributed by atoms with van der Waals surface area (Å²) in [5.74, 6) is 0.304. The van der Waals surface area contributed by atoms with E-state index in [0.717, 1.165) is 0 Å². The molecule has 0 unspecified atom stereocenters. The number of hydrogen-bond acceptors (Lipinski definition) is 6. The van der Waals surface area contributed by atoms with Crippen LogP contribution in [0.2, 0.25) is 0 Å². The fraction of sp³-hybridized carbons (Fsp3) is 0.562. The van der Waals surface area contributed by atoms with Gasteiger partial charge in [0.2, 0.25) is 10.0 Å². The van der Waals surface area contributed by atoms with Crippen molar-refractivity contribution in [1.29, 1.82) is 0 Å². The van der Waals surface area contributed by atoms with Crippen molar-refractivity contribution >= 4 is 15.9 Å². The number of nitrogens with zero attached hydrogens (tertiary/aromatic N) is 1. The van der Waals surface area contributed by atoms with Crippen LogP contribution in [0.3, 0.4) is 0 Å². The summed E-state index contributed by atoms with van der Waals surface area (Å²) in [6.45, 7) is 0.392. The van der Waals surface area contributed by atoms with Gasteiger partial charge in [-0.25, -0.2) is 12.7 Å². The van der Waals surface area contributed by atoms with Gasteiger partial charge in [0, 0.05) is 20.0 Å². The quantitative estimate of drug-likeness (QED) is 0.695. The Morgan fingerprint density at radius 1 is 1.28 bits per heavy atom. The molecule has 1 fully saturated rings. The molecule has 1 aromatic carbocycles. The Balaban J connectivity index is 1.89. The predicted octanol–water partition coefficient (Wildman–Crippen LogP) is 0.0966. The molecule has 1 aromatic rings. The zero-order valence-corrected chi connectivity index (χ0v) is 15.4. The fourth-order valence-electron chi connectivity index (χ4n) is 2.47. The molecule has 0 radical (unpaired) electrons. The highest BCUT2D eigenvalue weighted by atomic mass is 32.2. The Kier molecular flexibility index (Phi) is 6.63. The van der Waals surface area contributed by atoms with E-state index in [4.69, 9.17) is 14.2 Å². The van der Waals surface area contributed by atoms with Crippen molar-refractivity contribution in [2.24, 2.45) is 5.92 Å². The molecule has 1 aliphatic rings. The first kappa shape index (κ1) is 19.5. The second-order valence-electron chi connectivity index (χ2n) is 5.97. The summed E-state index contributed by atoms with van der Waals surface area (Å²) < 4.78 is 41.2. The van der Waals surface area contributed by atoms with Crippen molar-refractivity contribution in [1.82, 2.24) is 9.62 Å². The van der Waals surface area contributed by atoms with E-state index in [1.807, 2.05) is 0 Å². The minimum absolute atomic E-state index is 0.0711. The third kappa shape index (κ3) is 5.32. The molecule has 0 aromatic heterocycles. The number of methoxy groups -OCH3 is 1. The third-order valence-electron chi connectivity index (χ3n) is 3.95. The SMILES string of the molecule is COc1ccccc1OCC(=O)N[C@@H]1COC[C@H]1CS(=O)(=O)N(C)C. The van der Waals surface area contributed by atoms with Gasteiger partial charge >= 0.3 is 0 Å². The number of ether oxygens (including phenoxy) is 3. The average Bonchev–Trinajstić information content (AvgIpc) is 2.99. The summed E-state index contributed by atoms with van der Waals surface area (Å²) in [5, 5.41) is 2.79. The van der Waals surface area contributed by atoms with E-state index in [0.29, 0.717) is 18.1 Å². The molecule has 140 valence electrons. The first-order chi connectivity index (χ1) is 11.8. The number of para-hydroxylation sites is 2. The number of carbonyl (C=O) groups excluding carboxylic acids is 1. The molecule has 2 atom stereocenters. The van der Waals surface area contributed by atoms with Gasteiger partial charge in [-0.1, -0.05) is 12.1 Å². The van der Waals surface area contributed by atoms with Gasteiger partial charge in [-0.05, 0) is 12.1 Å². The number of hydrogen-bond donors (Lipinski definition) is 1. The Bertz CT molecular complexity index is 692. The van der Waals surface area contributed by atoms with Crippen LogP contribution in [0.5, 0.6) is 11.5 Å². The van der Waals surface area contributed by atoms with Crippen LogP contribution in [0.4, 0.5) is 0 Å². The Morgan fingerprint density at radius 2 is 1.96 bits per heavy atom. The molecule has 0 saturated carbocycles. The van der Waals surface area contributed by atoms with Crippen LogP contribution in [-0.2, 0) is 19.6 Å². The van der Waals surface area contributed by atoms with E-state index in [1.54, 1.807) is 24.3 Å². The Morgan fingerprint density at radius 3 is 2.60 bits per heavy atom. The predicted molar refractivity (Wildman–Crippen MR) is 92.2 cm³/mol. The van der Waals surface area contributed by atoms with Crippen molar-refractivity contribution in [3.05, 3.63) is 24.3 Å². The highest BCUT2D eigenvalue weighted by molar-refractivity contribution is 7.89. The molecule has 1 amide bonds. The molecular formula is C16H24N2O6S. The van der Waals surface area contributed by atoms with Crippen LogP contribution < -0.4 is 14.8 Å². The monoisotopic (exact) mass is 372 g/mol. The Hall–Kier alpha value is -1.84. The van der Waals surface area contributed by atoms with Gasteiger partial charge < -0.3 is 19.5 Å². The molecular weight excluding hydrogens is 348 g/mol. The van der Waals surface area contributed by atoms with Crippen molar-refractivity contribution in [3.8, 4) is 11.5 Å². The van der Waals surface area contributed by atoms with E-state index in [9.17, 15) is 13.2 Å². The number of amides is 1. The molecule has 2 rings (SSSR count). The molecule has 1 heterocycles. The van der Waals surface area contributed by atoms with E-state index in [2.05, 4.69) is 5.32 Å². The maximum atomic E-state index is 12.1. The van der Waals surface area contributed by atoms with E-state index < -0.39 is 10.0 Å². The zero-order chi connectivity index (χ0) is 18.4.